The average Bonchev–Trinajstić information content (AvgIpc) is 2.54. The van der Waals surface area contributed by atoms with Crippen molar-refractivity contribution in [2.75, 3.05) is 13.2 Å². The quantitative estimate of drug-likeness (QED) is 0.741. The first-order chi connectivity index (χ1) is 11.1. The van der Waals surface area contributed by atoms with Crippen molar-refractivity contribution in [2.45, 2.75) is 32.1 Å². The van der Waals surface area contributed by atoms with Crippen LogP contribution in [0.5, 0.6) is 5.75 Å². The Labute approximate surface area is 144 Å². The van der Waals surface area contributed by atoms with E-state index in [9.17, 15) is 9.59 Å². The molecule has 2 N–H and O–H groups in total. The summed E-state index contributed by atoms with van der Waals surface area (Å²) in [6, 6.07) is 6.69. The lowest BCUT2D eigenvalue weighted by atomic mass is 9.97. The third-order valence-corrected chi connectivity index (χ3v) is 4.03. The number of hydrogen-bond donors (Lipinski definition) is 2. The van der Waals surface area contributed by atoms with Gasteiger partial charge in [-0.3, -0.25) is 10.1 Å². The van der Waals surface area contributed by atoms with Gasteiger partial charge in [0.15, 0.2) is 6.61 Å². The second-order valence-corrected chi connectivity index (χ2v) is 6.32. The molecule has 0 spiro atoms. The van der Waals surface area contributed by atoms with Crippen LogP contribution >= 0.6 is 15.9 Å². The van der Waals surface area contributed by atoms with Crippen LogP contribution in [0.25, 0.3) is 0 Å². The molecule has 0 saturated carbocycles. The predicted octanol–water partition coefficient (Wildman–Crippen LogP) is 3.54. The third-order valence-electron chi connectivity index (χ3n) is 3.54. The van der Waals surface area contributed by atoms with E-state index in [4.69, 9.17) is 4.74 Å². The average molecular weight is 381 g/mol. The summed E-state index contributed by atoms with van der Waals surface area (Å²) in [5.41, 5.74) is 1.39. The van der Waals surface area contributed by atoms with Gasteiger partial charge in [-0.05, 0) is 50.3 Å². The van der Waals surface area contributed by atoms with E-state index >= 15 is 0 Å². The summed E-state index contributed by atoms with van der Waals surface area (Å²) in [7, 11) is 0. The Bertz CT molecular complexity index is 587. The lowest BCUT2D eigenvalue weighted by Gasteiger charge is -2.13. The number of ether oxygens (including phenoxy) is 1. The molecule has 6 heteroatoms. The van der Waals surface area contributed by atoms with Gasteiger partial charge in [0.05, 0.1) is 0 Å². The highest BCUT2D eigenvalue weighted by atomic mass is 79.9. The number of amides is 3. The number of nitrogens with one attached hydrogen (secondary N) is 2. The molecule has 3 amide bonds. The van der Waals surface area contributed by atoms with Crippen molar-refractivity contribution in [3.63, 3.8) is 0 Å². The van der Waals surface area contributed by atoms with Gasteiger partial charge in [0.2, 0.25) is 0 Å². The van der Waals surface area contributed by atoms with E-state index in [1.54, 1.807) is 12.1 Å². The van der Waals surface area contributed by atoms with Gasteiger partial charge < -0.3 is 10.1 Å². The van der Waals surface area contributed by atoms with E-state index in [1.165, 1.54) is 18.4 Å². The number of allylic oxidation sites excluding steroid dienone is 1. The number of rotatable bonds is 6. The van der Waals surface area contributed by atoms with Gasteiger partial charge in [0.1, 0.15) is 5.75 Å². The molecule has 23 heavy (non-hydrogen) atoms. The monoisotopic (exact) mass is 380 g/mol. The van der Waals surface area contributed by atoms with E-state index < -0.39 is 11.9 Å². The lowest BCUT2D eigenvalue weighted by Crippen LogP contribution is -2.42. The molecule has 0 heterocycles. The molecule has 1 aliphatic carbocycles. The van der Waals surface area contributed by atoms with Crippen molar-refractivity contribution in [1.82, 2.24) is 10.6 Å². The summed E-state index contributed by atoms with van der Waals surface area (Å²) in [5, 5.41) is 4.95. The molecule has 0 bridgehead atoms. The summed E-state index contributed by atoms with van der Waals surface area (Å²) in [6.45, 7) is 0.340. The molecule has 1 aromatic carbocycles. The number of carbonyl (C=O) groups is 2. The minimum atomic E-state index is -0.482. The summed E-state index contributed by atoms with van der Waals surface area (Å²) in [6.07, 6.45) is 7.82. The molecule has 0 aliphatic heterocycles. The fourth-order valence-electron chi connectivity index (χ4n) is 2.38. The highest BCUT2D eigenvalue weighted by molar-refractivity contribution is 9.10. The van der Waals surface area contributed by atoms with Crippen molar-refractivity contribution in [1.29, 1.82) is 0 Å². The van der Waals surface area contributed by atoms with Crippen LogP contribution in [0.2, 0.25) is 0 Å². The highest BCUT2D eigenvalue weighted by Gasteiger charge is 2.09. The van der Waals surface area contributed by atoms with Crippen LogP contribution < -0.4 is 15.4 Å². The van der Waals surface area contributed by atoms with Gasteiger partial charge in [0.25, 0.3) is 5.91 Å². The van der Waals surface area contributed by atoms with Crippen LogP contribution in [0.4, 0.5) is 4.79 Å². The second-order valence-electron chi connectivity index (χ2n) is 5.41. The molecule has 0 atom stereocenters. The summed E-state index contributed by atoms with van der Waals surface area (Å²) >= 11 is 3.32. The maximum Gasteiger partial charge on any atom is 0.321 e. The fraction of sp³-hybridized carbons (Fsp3) is 0.412. The van der Waals surface area contributed by atoms with Crippen molar-refractivity contribution in [2.24, 2.45) is 0 Å². The first kappa shape index (κ1) is 17.5. The van der Waals surface area contributed by atoms with E-state index in [0.717, 1.165) is 23.7 Å². The number of imide groups is 1. The number of hydrogen-bond acceptors (Lipinski definition) is 3. The van der Waals surface area contributed by atoms with Gasteiger partial charge in [0, 0.05) is 11.0 Å². The Kier molecular flexibility index (Phi) is 7.13. The van der Waals surface area contributed by atoms with E-state index in [0.29, 0.717) is 12.3 Å². The topological polar surface area (TPSA) is 67.4 Å². The summed E-state index contributed by atoms with van der Waals surface area (Å²) < 4.78 is 6.18. The number of urea groups is 1. The van der Waals surface area contributed by atoms with Gasteiger partial charge in [-0.2, -0.15) is 0 Å². The Balaban J connectivity index is 1.62. The SMILES string of the molecule is O=C(COc1cccc(Br)c1)NC(=O)NCCC1=CCCCC1. The molecular formula is C17H21BrN2O3. The van der Waals surface area contributed by atoms with Gasteiger partial charge in [-0.15, -0.1) is 0 Å². The van der Waals surface area contributed by atoms with Gasteiger partial charge >= 0.3 is 6.03 Å². The number of carbonyl (C=O) groups excluding carboxylic acids is 2. The number of benzene rings is 1. The highest BCUT2D eigenvalue weighted by Crippen LogP contribution is 2.19. The molecule has 124 valence electrons. The predicted molar refractivity (Wildman–Crippen MR) is 92.3 cm³/mol. The molecular weight excluding hydrogens is 360 g/mol. The fourth-order valence-corrected chi connectivity index (χ4v) is 2.76. The molecule has 0 saturated heterocycles. The molecule has 1 aliphatic rings. The lowest BCUT2D eigenvalue weighted by molar-refractivity contribution is -0.122. The zero-order valence-corrected chi connectivity index (χ0v) is 14.5. The number of halogens is 1. The van der Waals surface area contributed by atoms with Crippen molar-refractivity contribution in [3.05, 3.63) is 40.4 Å². The van der Waals surface area contributed by atoms with Crippen LogP contribution in [-0.2, 0) is 4.79 Å². The zero-order valence-electron chi connectivity index (χ0n) is 12.9. The van der Waals surface area contributed by atoms with Crippen LogP contribution in [0.15, 0.2) is 40.4 Å². The van der Waals surface area contributed by atoms with E-state index in [-0.39, 0.29) is 6.61 Å². The largest absolute Gasteiger partial charge is 0.484 e. The third kappa shape index (κ3) is 6.86. The maximum absolute atomic E-state index is 11.7. The maximum atomic E-state index is 11.7. The van der Waals surface area contributed by atoms with E-state index in [2.05, 4.69) is 32.6 Å². The molecule has 0 fully saturated rings. The van der Waals surface area contributed by atoms with Crippen LogP contribution in [-0.4, -0.2) is 25.1 Å². The zero-order chi connectivity index (χ0) is 16.5. The molecule has 5 nitrogen and oxygen atoms in total. The molecule has 1 aromatic rings. The molecule has 0 aromatic heterocycles. The first-order valence-corrected chi connectivity index (χ1v) is 8.57. The summed E-state index contributed by atoms with van der Waals surface area (Å²) in [4.78, 5) is 23.3. The first-order valence-electron chi connectivity index (χ1n) is 7.77. The Morgan fingerprint density at radius 1 is 1.26 bits per heavy atom. The minimum Gasteiger partial charge on any atom is -0.484 e. The minimum absolute atomic E-state index is 0.199. The summed E-state index contributed by atoms with van der Waals surface area (Å²) in [5.74, 6) is 0.0959. The van der Waals surface area contributed by atoms with Crippen LogP contribution in [0.1, 0.15) is 32.1 Å². The van der Waals surface area contributed by atoms with Crippen molar-refractivity contribution < 1.29 is 14.3 Å². The Morgan fingerprint density at radius 3 is 2.87 bits per heavy atom. The normalized spacial score (nSPS) is 13.9. The van der Waals surface area contributed by atoms with Crippen molar-refractivity contribution >= 4 is 27.9 Å². The molecule has 0 unspecified atom stereocenters. The van der Waals surface area contributed by atoms with Gasteiger partial charge in [-0.25, -0.2) is 4.79 Å². The standard InChI is InChI=1S/C17H21BrN2O3/c18-14-7-4-8-15(11-14)23-12-16(21)20-17(22)19-10-9-13-5-2-1-3-6-13/h4-5,7-8,11H,1-3,6,9-10,12H2,(H2,19,20,21,22). The van der Waals surface area contributed by atoms with Crippen LogP contribution in [0.3, 0.4) is 0 Å². The molecule has 2 rings (SSSR count). The van der Waals surface area contributed by atoms with Crippen molar-refractivity contribution in [3.8, 4) is 5.75 Å². The van der Waals surface area contributed by atoms with Gasteiger partial charge in [-0.1, -0.05) is 33.6 Å². The smallest absolute Gasteiger partial charge is 0.321 e. The van der Waals surface area contributed by atoms with Crippen LogP contribution in [0, 0.1) is 0 Å². The Morgan fingerprint density at radius 2 is 2.13 bits per heavy atom. The molecule has 0 radical (unpaired) electrons. The Hall–Kier alpha value is -1.82. The van der Waals surface area contributed by atoms with E-state index in [1.807, 2.05) is 12.1 Å². The second kappa shape index (κ2) is 9.35.